The van der Waals surface area contributed by atoms with E-state index in [0.717, 1.165) is 13.1 Å². The van der Waals surface area contributed by atoms with E-state index >= 15 is 0 Å². The van der Waals surface area contributed by atoms with Crippen LogP contribution >= 0.6 is 0 Å². The summed E-state index contributed by atoms with van der Waals surface area (Å²) in [5.74, 6) is -0.384. The number of para-hydroxylation sites is 1. The molecule has 0 aromatic heterocycles. The monoisotopic (exact) mass is 410 g/mol. The number of hydrogen-bond acceptors (Lipinski definition) is 3. The minimum Gasteiger partial charge on any atom is -0.348 e. The highest BCUT2D eigenvalue weighted by Crippen LogP contribution is 2.44. The van der Waals surface area contributed by atoms with Crippen molar-refractivity contribution in [2.75, 3.05) is 45.6 Å². The minimum atomic E-state index is -0.634. The Morgan fingerprint density at radius 3 is 2.47 bits per heavy atom. The summed E-state index contributed by atoms with van der Waals surface area (Å²) in [6, 6.07) is 15.9. The van der Waals surface area contributed by atoms with Crippen molar-refractivity contribution >= 4 is 17.6 Å². The first-order valence-electron chi connectivity index (χ1n) is 10.2. The number of carbonyl (C=O) groups is 2. The van der Waals surface area contributed by atoms with Crippen molar-refractivity contribution in [2.45, 2.75) is 6.54 Å². The van der Waals surface area contributed by atoms with E-state index < -0.39 is 11.2 Å². The number of amides is 3. The van der Waals surface area contributed by atoms with Crippen molar-refractivity contribution in [3.05, 3.63) is 66.0 Å². The summed E-state index contributed by atoms with van der Waals surface area (Å²) >= 11 is 0. The van der Waals surface area contributed by atoms with Gasteiger partial charge in [0, 0.05) is 52.7 Å². The topological polar surface area (TPSA) is 55.9 Å². The highest BCUT2D eigenvalue weighted by Gasteiger charge is 2.58. The third-order valence-electron chi connectivity index (χ3n) is 6.16. The van der Waals surface area contributed by atoms with E-state index in [0.29, 0.717) is 19.6 Å². The van der Waals surface area contributed by atoms with Gasteiger partial charge in [0.05, 0.1) is 11.1 Å². The van der Waals surface area contributed by atoms with Crippen molar-refractivity contribution in [3.8, 4) is 0 Å². The van der Waals surface area contributed by atoms with Crippen LogP contribution < -0.4 is 5.32 Å². The maximum Gasteiger partial charge on any atom is 0.321 e. The third-order valence-corrected chi connectivity index (χ3v) is 6.16. The average Bonchev–Trinajstić information content (AvgIpc) is 3.24. The molecule has 2 atom stereocenters. The number of carbonyl (C=O) groups excluding carboxylic acids is 2. The molecule has 0 bridgehead atoms. The summed E-state index contributed by atoms with van der Waals surface area (Å²) in [5.41, 5.74) is 0.725. The van der Waals surface area contributed by atoms with Crippen LogP contribution in [0, 0.1) is 17.2 Å². The van der Waals surface area contributed by atoms with Gasteiger partial charge in [0.1, 0.15) is 5.82 Å². The van der Waals surface area contributed by atoms with Crippen LogP contribution in [0.15, 0.2) is 54.6 Å². The molecular weight excluding hydrogens is 383 g/mol. The standard InChI is InChI=1S/C23H27FN4O2/c1-26(2)21(29)23-15-27(12-17-8-4-3-5-9-17)13-18(23)14-28(16-23)22(30)25-20-11-7-6-10-19(20)24/h3-11,18H,12-16H2,1-2H3,(H,25,30)/t18-,23-/m0/s1. The van der Waals surface area contributed by atoms with E-state index in [2.05, 4.69) is 22.3 Å². The molecular formula is C23H27FN4O2. The lowest BCUT2D eigenvalue weighted by molar-refractivity contribution is -0.139. The van der Waals surface area contributed by atoms with E-state index in [1.165, 1.54) is 17.7 Å². The average molecular weight is 410 g/mol. The number of likely N-dealkylation sites (tertiary alicyclic amines) is 2. The fourth-order valence-corrected chi connectivity index (χ4v) is 4.79. The molecule has 6 nitrogen and oxygen atoms in total. The molecule has 2 saturated heterocycles. The van der Waals surface area contributed by atoms with Crippen LogP contribution in [-0.4, -0.2) is 66.9 Å². The predicted octanol–water partition coefficient (Wildman–Crippen LogP) is 2.88. The number of hydrogen-bond donors (Lipinski definition) is 1. The van der Waals surface area contributed by atoms with E-state index in [9.17, 15) is 14.0 Å². The Labute approximate surface area is 176 Å². The van der Waals surface area contributed by atoms with E-state index in [-0.39, 0.29) is 23.5 Å². The van der Waals surface area contributed by atoms with E-state index in [4.69, 9.17) is 0 Å². The first-order chi connectivity index (χ1) is 14.4. The molecule has 2 fully saturated rings. The van der Waals surface area contributed by atoms with E-state index in [1.54, 1.807) is 36.0 Å². The van der Waals surface area contributed by atoms with Gasteiger partial charge in [-0.3, -0.25) is 9.69 Å². The molecule has 2 aliphatic rings. The Balaban J connectivity index is 1.50. The maximum absolute atomic E-state index is 13.9. The summed E-state index contributed by atoms with van der Waals surface area (Å²) in [6.45, 7) is 2.94. The first-order valence-corrected chi connectivity index (χ1v) is 10.2. The van der Waals surface area contributed by atoms with Gasteiger partial charge in [0.15, 0.2) is 0 Å². The zero-order valence-electron chi connectivity index (χ0n) is 17.3. The van der Waals surface area contributed by atoms with Gasteiger partial charge >= 0.3 is 6.03 Å². The van der Waals surface area contributed by atoms with Crippen molar-refractivity contribution in [1.82, 2.24) is 14.7 Å². The Morgan fingerprint density at radius 2 is 1.77 bits per heavy atom. The van der Waals surface area contributed by atoms with Crippen LogP contribution in [0.4, 0.5) is 14.9 Å². The molecule has 7 heteroatoms. The van der Waals surface area contributed by atoms with Gasteiger partial charge in [-0.05, 0) is 17.7 Å². The molecule has 0 unspecified atom stereocenters. The van der Waals surface area contributed by atoms with E-state index in [1.807, 2.05) is 18.2 Å². The minimum absolute atomic E-state index is 0.0440. The fraction of sp³-hybridized carbons (Fsp3) is 0.391. The maximum atomic E-state index is 13.9. The largest absolute Gasteiger partial charge is 0.348 e. The highest BCUT2D eigenvalue weighted by atomic mass is 19.1. The molecule has 0 radical (unpaired) electrons. The molecule has 3 amide bonds. The van der Waals surface area contributed by atoms with Crippen LogP contribution in [0.5, 0.6) is 0 Å². The molecule has 4 rings (SSSR count). The van der Waals surface area contributed by atoms with Gasteiger partial charge in [-0.2, -0.15) is 0 Å². The molecule has 0 saturated carbocycles. The van der Waals surface area contributed by atoms with Crippen molar-refractivity contribution in [1.29, 1.82) is 0 Å². The molecule has 2 heterocycles. The quantitative estimate of drug-likeness (QED) is 0.843. The number of halogens is 1. The zero-order valence-corrected chi connectivity index (χ0v) is 17.3. The Kier molecular flexibility index (Phi) is 5.47. The van der Waals surface area contributed by atoms with Crippen molar-refractivity contribution < 1.29 is 14.0 Å². The number of rotatable bonds is 4. The Morgan fingerprint density at radius 1 is 1.07 bits per heavy atom. The van der Waals surface area contributed by atoms with Crippen LogP contribution in [0.2, 0.25) is 0 Å². The highest BCUT2D eigenvalue weighted by molar-refractivity contribution is 5.91. The second-order valence-electron chi connectivity index (χ2n) is 8.50. The summed E-state index contributed by atoms with van der Waals surface area (Å²) in [6.07, 6.45) is 0. The smallest absolute Gasteiger partial charge is 0.321 e. The van der Waals surface area contributed by atoms with Crippen LogP contribution in [0.25, 0.3) is 0 Å². The molecule has 0 aliphatic carbocycles. The van der Waals surface area contributed by atoms with Gasteiger partial charge in [-0.1, -0.05) is 42.5 Å². The van der Waals surface area contributed by atoms with Crippen LogP contribution in [-0.2, 0) is 11.3 Å². The lowest BCUT2D eigenvalue weighted by atomic mass is 9.80. The molecule has 1 N–H and O–H groups in total. The fourth-order valence-electron chi connectivity index (χ4n) is 4.79. The molecule has 0 spiro atoms. The SMILES string of the molecule is CN(C)C(=O)[C@]12CN(Cc3ccccc3)C[C@H]1CN(C(=O)Nc1ccccc1F)C2. The van der Waals surface area contributed by atoms with Gasteiger partial charge < -0.3 is 15.1 Å². The lowest BCUT2D eigenvalue weighted by Crippen LogP contribution is -2.47. The van der Waals surface area contributed by atoms with Gasteiger partial charge in [0.25, 0.3) is 0 Å². The number of nitrogens with one attached hydrogen (secondary N) is 1. The Bertz CT molecular complexity index is 936. The number of nitrogens with zero attached hydrogens (tertiary/aromatic N) is 3. The first kappa shape index (κ1) is 20.3. The molecule has 30 heavy (non-hydrogen) atoms. The Hall–Kier alpha value is -2.93. The second kappa shape index (κ2) is 8.07. The van der Waals surface area contributed by atoms with Gasteiger partial charge in [-0.25, -0.2) is 9.18 Å². The zero-order chi connectivity index (χ0) is 21.3. The lowest BCUT2D eigenvalue weighted by Gasteiger charge is -2.31. The second-order valence-corrected chi connectivity index (χ2v) is 8.50. The molecule has 2 aliphatic heterocycles. The number of anilines is 1. The number of urea groups is 1. The van der Waals surface area contributed by atoms with Crippen LogP contribution in [0.3, 0.4) is 0 Å². The number of fused-ring (bicyclic) bond motifs is 1. The summed E-state index contributed by atoms with van der Waals surface area (Å²) in [4.78, 5) is 31.6. The normalized spacial score (nSPS) is 23.3. The van der Waals surface area contributed by atoms with Crippen LogP contribution in [0.1, 0.15) is 5.56 Å². The van der Waals surface area contributed by atoms with Gasteiger partial charge in [0.2, 0.25) is 5.91 Å². The molecule has 2 aromatic rings. The third kappa shape index (κ3) is 3.77. The summed E-state index contributed by atoms with van der Waals surface area (Å²) in [5, 5.41) is 2.65. The van der Waals surface area contributed by atoms with Gasteiger partial charge in [-0.15, -0.1) is 0 Å². The van der Waals surface area contributed by atoms with Crippen molar-refractivity contribution in [3.63, 3.8) is 0 Å². The molecule has 2 aromatic carbocycles. The summed E-state index contributed by atoms with van der Waals surface area (Å²) < 4.78 is 13.9. The predicted molar refractivity (Wildman–Crippen MR) is 113 cm³/mol. The number of benzene rings is 2. The summed E-state index contributed by atoms with van der Waals surface area (Å²) in [7, 11) is 3.52. The molecule has 158 valence electrons. The van der Waals surface area contributed by atoms with Crippen molar-refractivity contribution in [2.24, 2.45) is 11.3 Å².